The first-order chi connectivity index (χ1) is 11.2. The molecule has 0 aliphatic rings. The summed E-state index contributed by atoms with van der Waals surface area (Å²) in [6.45, 7) is 2.72. The summed E-state index contributed by atoms with van der Waals surface area (Å²) >= 11 is 3.50. The molecule has 116 valence electrons. The normalized spacial score (nSPS) is 10.3. The molecular formula is C17H16BrN5. The Kier molecular flexibility index (Phi) is 4.83. The molecule has 0 saturated carbocycles. The first-order valence-corrected chi connectivity index (χ1v) is 8.01. The van der Waals surface area contributed by atoms with Crippen molar-refractivity contribution in [1.82, 2.24) is 15.2 Å². The zero-order chi connectivity index (χ0) is 16.1. The van der Waals surface area contributed by atoms with E-state index in [0.717, 1.165) is 10.2 Å². The van der Waals surface area contributed by atoms with Gasteiger partial charge < -0.3 is 10.6 Å². The van der Waals surface area contributed by atoms with E-state index >= 15 is 0 Å². The summed E-state index contributed by atoms with van der Waals surface area (Å²) in [5, 5.41) is 14.4. The monoisotopic (exact) mass is 369 g/mol. The van der Waals surface area contributed by atoms with Crippen LogP contribution >= 0.6 is 15.9 Å². The average Bonchev–Trinajstić information content (AvgIpc) is 2.57. The maximum Gasteiger partial charge on any atom is 0.244 e. The number of nitrogens with zero attached hydrogens (tertiary/aromatic N) is 3. The van der Waals surface area contributed by atoms with E-state index in [-0.39, 0.29) is 0 Å². The van der Waals surface area contributed by atoms with Crippen LogP contribution in [0.15, 0.2) is 59.2 Å². The number of hydrogen-bond acceptors (Lipinski definition) is 5. The fourth-order valence-electron chi connectivity index (χ4n) is 2.03. The summed E-state index contributed by atoms with van der Waals surface area (Å²) in [7, 11) is 0. The third-order valence-electron chi connectivity index (χ3n) is 3.27. The van der Waals surface area contributed by atoms with Gasteiger partial charge in [0.25, 0.3) is 0 Å². The lowest BCUT2D eigenvalue weighted by Crippen LogP contribution is -2.06. The summed E-state index contributed by atoms with van der Waals surface area (Å²) in [6, 6.07) is 16.2. The van der Waals surface area contributed by atoms with Gasteiger partial charge in [-0.2, -0.15) is 10.1 Å². The van der Waals surface area contributed by atoms with Gasteiger partial charge in [0.2, 0.25) is 5.95 Å². The van der Waals surface area contributed by atoms with Gasteiger partial charge in [0.15, 0.2) is 5.82 Å². The Balaban J connectivity index is 1.67. The second kappa shape index (κ2) is 7.19. The Morgan fingerprint density at radius 3 is 2.61 bits per heavy atom. The highest BCUT2D eigenvalue weighted by molar-refractivity contribution is 9.10. The van der Waals surface area contributed by atoms with Gasteiger partial charge in [0, 0.05) is 11.0 Å². The minimum atomic E-state index is 0.489. The second-order valence-corrected chi connectivity index (χ2v) is 5.96. The van der Waals surface area contributed by atoms with Crippen LogP contribution < -0.4 is 10.6 Å². The van der Waals surface area contributed by atoms with Crippen LogP contribution in [0.5, 0.6) is 0 Å². The Bertz CT molecular complexity index is 789. The third kappa shape index (κ3) is 4.26. The van der Waals surface area contributed by atoms with E-state index < -0.39 is 0 Å². The van der Waals surface area contributed by atoms with Crippen molar-refractivity contribution >= 4 is 33.4 Å². The minimum absolute atomic E-state index is 0.489. The van der Waals surface area contributed by atoms with Crippen molar-refractivity contribution in [1.29, 1.82) is 0 Å². The predicted octanol–water partition coefficient (Wildman–Crippen LogP) is 4.30. The van der Waals surface area contributed by atoms with Gasteiger partial charge in [0.1, 0.15) is 0 Å². The summed E-state index contributed by atoms with van der Waals surface area (Å²) in [4.78, 5) is 4.43. The highest BCUT2D eigenvalue weighted by Gasteiger charge is 2.03. The van der Waals surface area contributed by atoms with Crippen molar-refractivity contribution in [3.8, 4) is 0 Å². The predicted molar refractivity (Wildman–Crippen MR) is 95.8 cm³/mol. The minimum Gasteiger partial charge on any atom is -0.349 e. The van der Waals surface area contributed by atoms with Crippen LogP contribution in [0.4, 0.5) is 17.5 Å². The molecule has 3 aromatic rings. The first kappa shape index (κ1) is 15.4. The number of halogens is 1. The van der Waals surface area contributed by atoms with Crippen molar-refractivity contribution in [3.05, 3.63) is 70.3 Å². The first-order valence-electron chi connectivity index (χ1n) is 7.21. The number of benzene rings is 2. The standard InChI is InChI=1S/C17H16BrN5/c1-12-6-8-13(9-7-12)10-19-17-22-16(11-20-23-17)21-15-5-3-2-4-14(15)18/h2-9,11H,10H2,1H3,(H2,19,21,22,23). The van der Waals surface area contributed by atoms with E-state index in [0.29, 0.717) is 18.3 Å². The molecule has 0 amide bonds. The zero-order valence-corrected chi connectivity index (χ0v) is 14.2. The lowest BCUT2D eigenvalue weighted by molar-refractivity contribution is 0.948. The second-order valence-electron chi connectivity index (χ2n) is 5.11. The van der Waals surface area contributed by atoms with Crippen LogP contribution in [0.1, 0.15) is 11.1 Å². The molecule has 0 fully saturated rings. The Labute approximate surface area is 143 Å². The van der Waals surface area contributed by atoms with Gasteiger partial charge in [-0.05, 0) is 40.5 Å². The number of aromatic nitrogens is 3. The molecule has 2 N–H and O–H groups in total. The maximum atomic E-state index is 4.43. The zero-order valence-electron chi connectivity index (χ0n) is 12.6. The van der Waals surface area contributed by atoms with Gasteiger partial charge in [-0.15, -0.1) is 5.10 Å². The molecule has 0 atom stereocenters. The lowest BCUT2D eigenvalue weighted by atomic mass is 10.1. The molecule has 3 rings (SSSR count). The van der Waals surface area contributed by atoms with Crippen LogP contribution in [0.25, 0.3) is 0 Å². The molecule has 0 bridgehead atoms. The van der Waals surface area contributed by atoms with E-state index in [9.17, 15) is 0 Å². The fourth-order valence-corrected chi connectivity index (χ4v) is 2.41. The van der Waals surface area contributed by atoms with Crippen molar-refractivity contribution in [2.24, 2.45) is 0 Å². The molecule has 2 aromatic carbocycles. The molecule has 0 unspecified atom stereocenters. The summed E-state index contributed by atoms with van der Waals surface area (Å²) in [5.41, 5.74) is 3.34. The average molecular weight is 370 g/mol. The summed E-state index contributed by atoms with van der Waals surface area (Å²) < 4.78 is 0.966. The van der Waals surface area contributed by atoms with Crippen molar-refractivity contribution < 1.29 is 0 Å². The molecule has 1 heterocycles. The summed E-state index contributed by atoms with van der Waals surface area (Å²) in [5.74, 6) is 1.13. The molecule has 1 aromatic heterocycles. The number of hydrogen-bond donors (Lipinski definition) is 2. The quantitative estimate of drug-likeness (QED) is 0.701. The van der Waals surface area contributed by atoms with E-state index in [4.69, 9.17) is 0 Å². The number of nitrogens with one attached hydrogen (secondary N) is 2. The number of rotatable bonds is 5. The fraction of sp³-hybridized carbons (Fsp3) is 0.118. The molecule has 23 heavy (non-hydrogen) atoms. The highest BCUT2D eigenvalue weighted by atomic mass is 79.9. The molecule has 0 spiro atoms. The third-order valence-corrected chi connectivity index (χ3v) is 3.96. The van der Waals surface area contributed by atoms with E-state index in [1.165, 1.54) is 11.1 Å². The van der Waals surface area contributed by atoms with Crippen molar-refractivity contribution in [3.63, 3.8) is 0 Å². The van der Waals surface area contributed by atoms with Crippen LogP contribution in [0.2, 0.25) is 0 Å². The van der Waals surface area contributed by atoms with Crippen LogP contribution in [0.3, 0.4) is 0 Å². The van der Waals surface area contributed by atoms with E-state index in [2.05, 4.69) is 72.9 Å². The largest absolute Gasteiger partial charge is 0.349 e. The van der Waals surface area contributed by atoms with Crippen LogP contribution in [-0.2, 0) is 6.54 Å². The number of para-hydroxylation sites is 1. The Hall–Kier alpha value is -2.47. The van der Waals surface area contributed by atoms with Crippen molar-refractivity contribution in [2.75, 3.05) is 10.6 Å². The number of anilines is 3. The van der Waals surface area contributed by atoms with Gasteiger partial charge in [-0.25, -0.2) is 0 Å². The molecule has 6 heteroatoms. The van der Waals surface area contributed by atoms with E-state index in [1.807, 2.05) is 24.3 Å². The molecule has 0 radical (unpaired) electrons. The topological polar surface area (TPSA) is 62.7 Å². The van der Waals surface area contributed by atoms with Gasteiger partial charge >= 0.3 is 0 Å². The smallest absolute Gasteiger partial charge is 0.244 e. The highest BCUT2D eigenvalue weighted by Crippen LogP contribution is 2.24. The van der Waals surface area contributed by atoms with E-state index in [1.54, 1.807) is 6.20 Å². The molecular weight excluding hydrogens is 354 g/mol. The molecule has 0 aliphatic heterocycles. The molecule has 0 saturated heterocycles. The Morgan fingerprint density at radius 2 is 1.83 bits per heavy atom. The Morgan fingerprint density at radius 1 is 1.04 bits per heavy atom. The van der Waals surface area contributed by atoms with Gasteiger partial charge in [-0.3, -0.25) is 0 Å². The van der Waals surface area contributed by atoms with Crippen LogP contribution in [0, 0.1) is 6.92 Å². The van der Waals surface area contributed by atoms with Gasteiger partial charge in [0.05, 0.1) is 11.9 Å². The maximum absolute atomic E-state index is 4.43. The van der Waals surface area contributed by atoms with Crippen LogP contribution in [-0.4, -0.2) is 15.2 Å². The molecule has 5 nitrogen and oxygen atoms in total. The summed E-state index contributed by atoms with van der Waals surface area (Å²) in [6.07, 6.45) is 1.59. The van der Waals surface area contributed by atoms with Gasteiger partial charge in [-0.1, -0.05) is 42.0 Å². The number of aryl methyl sites for hydroxylation is 1. The SMILES string of the molecule is Cc1ccc(CNc2nncc(Nc3ccccc3Br)n2)cc1. The van der Waals surface area contributed by atoms with Crippen molar-refractivity contribution in [2.45, 2.75) is 13.5 Å². The lowest BCUT2D eigenvalue weighted by Gasteiger charge is -2.09. The molecule has 0 aliphatic carbocycles.